The minimum Gasteiger partial charge on any atom is -0.345 e. The lowest BCUT2D eigenvalue weighted by Crippen LogP contribution is -2.48. The molecule has 3 amide bonds. The van der Waals surface area contributed by atoms with Crippen molar-refractivity contribution in [1.82, 2.24) is 15.1 Å². The quantitative estimate of drug-likeness (QED) is 0.751. The van der Waals surface area contributed by atoms with E-state index in [2.05, 4.69) is 15.5 Å². The molecule has 1 unspecified atom stereocenters. The third kappa shape index (κ3) is 5.93. The number of nitrogens with zero attached hydrogens (tertiary/aromatic N) is 2. The lowest BCUT2D eigenvalue weighted by atomic mass is 10.0. The molecule has 8 heteroatoms. The molecule has 0 aromatic heterocycles. The number of benzene rings is 2. The summed E-state index contributed by atoms with van der Waals surface area (Å²) in [4.78, 5) is 28.2. The molecule has 1 fully saturated rings. The van der Waals surface area contributed by atoms with Crippen molar-refractivity contribution in [2.75, 3.05) is 32.5 Å². The van der Waals surface area contributed by atoms with Gasteiger partial charge in [0.2, 0.25) is 0 Å². The van der Waals surface area contributed by atoms with Crippen LogP contribution in [0.5, 0.6) is 0 Å². The van der Waals surface area contributed by atoms with E-state index in [1.165, 1.54) is 17.0 Å². The van der Waals surface area contributed by atoms with E-state index in [1.807, 2.05) is 0 Å². The van der Waals surface area contributed by atoms with Gasteiger partial charge in [-0.3, -0.25) is 9.69 Å². The predicted molar refractivity (Wildman–Crippen MR) is 116 cm³/mol. The molecule has 1 heterocycles. The third-order valence-electron chi connectivity index (χ3n) is 5.02. The zero-order valence-electron chi connectivity index (χ0n) is 17.1. The number of hydrogen-bond acceptors (Lipinski definition) is 3. The zero-order chi connectivity index (χ0) is 21.7. The van der Waals surface area contributed by atoms with E-state index in [0.29, 0.717) is 29.4 Å². The number of carbonyl (C=O) groups excluding carboxylic acids is 2. The molecule has 0 aliphatic carbocycles. The second-order valence-electron chi connectivity index (χ2n) is 7.69. The minimum absolute atomic E-state index is 0.00966. The molecular weight excluding hydrogens is 407 g/mol. The van der Waals surface area contributed by atoms with Gasteiger partial charge in [0, 0.05) is 49.5 Å². The summed E-state index contributed by atoms with van der Waals surface area (Å²) in [5, 5.41) is 6.21. The Hall–Kier alpha value is -2.64. The maximum absolute atomic E-state index is 13.2. The highest BCUT2D eigenvalue weighted by Crippen LogP contribution is 2.21. The van der Waals surface area contributed by atoms with E-state index in [4.69, 9.17) is 11.6 Å². The van der Waals surface area contributed by atoms with Gasteiger partial charge in [-0.15, -0.1) is 0 Å². The third-order valence-corrected chi connectivity index (χ3v) is 5.38. The molecule has 2 N–H and O–H groups in total. The van der Waals surface area contributed by atoms with Crippen molar-refractivity contribution in [2.24, 2.45) is 0 Å². The van der Waals surface area contributed by atoms with Crippen LogP contribution < -0.4 is 10.6 Å². The average Bonchev–Trinajstić information content (AvgIpc) is 2.70. The highest BCUT2D eigenvalue weighted by Gasteiger charge is 2.22. The second-order valence-corrected chi connectivity index (χ2v) is 8.10. The van der Waals surface area contributed by atoms with Crippen molar-refractivity contribution in [3.05, 3.63) is 64.4 Å². The number of nitrogens with one attached hydrogen (secondary N) is 2. The summed E-state index contributed by atoms with van der Waals surface area (Å²) in [7, 11) is 3.37. The van der Waals surface area contributed by atoms with Crippen molar-refractivity contribution < 1.29 is 14.0 Å². The summed E-state index contributed by atoms with van der Waals surface area (Å²) >= 11 is 6.14. The van der Waals surface area contributed by atoms with E-state index in [0.717, 1.165) is 24.9 Å². The number of likely N-dealkylation sites (tertiary alicyclic amines) is 1. The van der Waals surface area contributed by atoms with Crippen LogP contribution in [0.25, 0.3) is 0 Å². The molecule has 0 spiro atoms. The lowest BCUT2D eigenvalue weighted by molar-refractivity contribution is 0.0827. The van der Waals surface area contributed by atoms with Crippen LogP contribution in [0.4, 0.5) is 14.9 Å². The minimum atomic E-state index is -0.352. The fraction of sp³-hybridized carbons (Fsp3) is 0.364. The monoisotopic (exact) mass is 432 g/mol. The van der Waals surface area contributed by atoms with E-state index in [-0.39, 0.29) is 23.8 Å². The Morgan fingerprint density at radius 3 is 2.77 bits per heavy atom. The van der Waals surface area contributed by atoms with Crippen LogP contribution in [0.3, 0.4) is 0 Å². The Morgan fingerprint density at radius 2 is 2.03 bits per heavy atom. The molecule has 0 bridgehead atoms. The number of hydrogen-bond donors (Lipinski definition) is 2. The summed E-state index contributed by atoms with van der Waals surface area (Å²) < 4.78 is 13.2. The fourth-order valence-electron chi connectivity index (χ4n) is 3.55. The predicted octanol–water partition coefficient (Wildman–Crippen LogP) is 3.97. The molecule has 160 valence electrons. The molecule has 0 radical (unpaired) electrons. The van der Waals surface area contributed by atoms with Crippen LogP contribution in [0.2, 0.25) is 5.02 Å². The van der Waals surface area contributed by atoms with Crippen molar-refractivity contribution in [3.8, 4) is 0 Å². The van der Waals surface area contributed by atoms with Gasteiger partial charge in [-0.05, 0) is 55.3 Å². The molecule has 1 aliphatic rings. The average molecular weight is 433 g/mol. The molecule has 30 heavy (non-hydrogen) atoms. The molecule has 1 atom stereocenters. The van der Waals surface area contributed by atoms with Gasteiger partial charge in [0.15, 0.2) is 0 Å². The van der Waals surface area contributed by atoms with Gasteiger partial charge < -0.3 is 15.5 Å². The van der Waals surface area contributed by atoms with E-state index >= 15 is 0 Å². The molecule has 1 saturated heterocycles. The molecule has 2 aromatic rings. The summed E-state index contributed by atoms with van der Waals surface area (Å²) in [6.07, 6.45) is 1.82. The van der Waals surface area contributed by atoms with Crippen molar-refractivity contribution in [2.45, 2.75) is 25.4 Å². The van der Waals surface area contributed by atoms with Gasteiger partial charge in [0.05, 0.1) is 0 Å². The van der Waals surface area contributed by atoms with Crippen LogP contribution >= 0.6 is 11.6 Å². The van der Waals surface area contributed by atoms with Gasteiger partial charge in [-0.25, -0.2) is 9.18 Å². The largest absolute Gasteiger partial charge is 0.345 e. The van der Waals surface area contributed by atoms with Crippen LogP contribution in [0, 0.1) is 5.82 Å². The Bertz CT molecular complexity index is 922. The zero-order valence-corrected chi connectivity index (χ0v) is 17.9. The molecule has 6 nitrogen and oxygen atoms in total. The Balaban J connectivity index is 1.55. The SMILES string of the molecule is CN(C)C(=O)c1cccc(NC(=O)NC2CCCN(Cc3ccc(F)cc3Cl)C2)c1. The van der Waals surface area contributed by atoms with E-state index < -0.39 is 0 Å². The van der Waals surface area contributed by atoms with Gasteiger partial charge >= 0.3 is 6.03 Å². The van der Waals surface area contributed by atoms with Crippen LogP contribution in [0.15, 0.2) is 42.5 Å². The number of halogens is 2. The first-order valence-electron chi connectivity index (χ1n) is 9.87. The summed E-state index contributed by atoms with van der Waals surface area (Å²) in [6, 6.07) is 11.0. The first-order chi connectivity index (χ1) is 14.3. The molecule has 3 rings (SSSR count). The van der Waals surface area contributed by atoms with Gasteiger partial charge in [0.1, 0.15) is 5.82 Å². The van der Waals surface area contributed by atoms with Crippen molar-refractivity contribution in [3.63, 3.8) is 0 Å². The first-order valence-corrected chi connectivity index (χ1v) is 10.2. The fourth-order valence-corrected chi connectivity index (χ4v) is 3.78. The Morgan fingerprint density at radius 1 is 1.23 bits per heavy atom. The molecular formula is C22H26ClFN4O2. The number of amides is 3. The number of piperidine rings is 1. The number of rotatable bonds is 5. The first kappa shape index (κ1) is 22.1. The molecule has 0 saturated carbocycles. The summed E-state index contributed by atoms with van der Waals surface area (Å²) in [6.45, 7) is 2.18. The number of carbonyl (C=O) groups is 2. The molecule has 1 aliphatic heterocycles. The maximum Gasteiger partial charge on any atom is 0.319 e. The smallest absolute Gasteiger partial charge is 0.319 e. The highest BCUT2D eigenvalue weighted by molar-refractivity contribution is 6.31. The number of urea groups is 1. The van der Waals surface area contributed by atoms with Crippen LogP contribution in [0.1, 0.15) is 28.8 Å². The van der Waals surface area contributed by atoms with E-state index in [9.17, 15) is 14.0 Å². The number of anilines is 1. The Kier molecular flexibility index (Phi) is 7.29. The van der Waals surface area contributed by atoms with Gasteiger partial charge in [-0.1, -0.05) is 23.7 Å². The van der Waals surface area contributed by atoms with E-state index in [1.54, 1.807) is 44.4 Å². The van der Waals surface area contributed by atoms with Crippen molar-refractivity contribution in [1.29, 1.82) is 0 Å². The second kappa shape index (κ2) is 9.91. The summed E-state index contributed by atoms with van der Waals surface area (Å²) in [5.41, 5.74) is 1.94. The van der Waals surface area contributed by atoms with Crippen LogP contribution in [-0.4, -0.2) is 55.0 Å². The van der Waals surface area contributed by atoms with Gasteiger partial charge in [0.25, 0.3) is 5.91 Å². The van der Waals surface area contributed by atoms with Gasteiger partial charge in [-0.2, -0.15) is 0 Å². The highest BCUT2D eigenvalue weighted by atomic mass is 35.5. The van der Waals surface area contributed by atoms with Crippen molar-refractivity contribution >= 4 is 29.2 Å². The molecule has 2 aromatic carbocycles. The normalized spacial score (nSPS) is 16.7. The topological polar surface area (TPSA) is 64.7 Å². The standard InChI is InChI=1S/C22H26ClFN4O2/c1-27(2)21(29)15-5-3-6-18(11-15)25-22(30)26-19-7-4-10-28(14-19)13-16-8-9-17(24)12-20(16)23/h3,5-6,8-9,11-12,19H,4,7,10,13-14H2,1-2H3,(H2,25,26,30). The summed E-state index contributed by atoms with van der Waals surface area (Å²) in [5.74, 6) is -0.476. The van der Waals surface area contributed by atoms with Crippen LogP contribution in [-0.2, 0) is 6.54 Å². The lowest BCUT2D eigenvalue weighted by Gasteiger charge is -2.33. The maximum atomic E-state index is 13.2. The Labute approximate surface area is 181 Å².